The van der Waals surface area contributed by atoms with E-state index >= 15 is 0 Å². The van der Waals surface area contributed by atoms with Crippen molar-refractivity contribution in [3.8, 4) is 11.5 Å². The largest absolute Gasteiger partial charge is 0.497 e. The standard InChI is InChI=1S/C21H26N2O4/c1-25-19-7-8-20(26-2)17(13-19)14-21(24)22-18-5-3-16(4-6-18)15-23-9-11-27-12-10-23/h3-8,13H,9-12,14-15H2,1-2H3,(H,22,24). The molecule has 6 heteroatoms. The Balaban J connectivity index is 1.57. The average molecular weight is 370 g/mol. The Kier molecular flexibility index (Phi) is 6.68. The Morgan fingerprint density at radius 2 is 1.81 bits per heavy atom. The summed E-state index contributed by atoms with van der Waals surface area (Å²) in [5.41, 5.74) is 2.80. The van der Waals surface area contributed by atoms with Crippen molar-refractivity contribution < 1.29 is 19.0 Å². The first kappa shape index (κ1) is 19.2. The number of carbonyl (C=O) groups excluding carboxylic acids is 1. The number of methoxy groups -OCH3 is 2. The van der Waals surface area contributed by atoms with Gasteiger partial charge in [0.2, 0.25) is 5.91 Å². The van der Waals surface area contributed by atoms with Gasteiger partial charge in [0.1, 0.15) is 11.5 Å². The third-order valence-electron chi connectivity index (χ3n) is 4.59. The van der Waals surface area contributed by atoms with E-state index in [4.69, 9.17) is 14.2 Å². The summed E-state index contributed by atoms with van der Waals surface area (Å²) in [7, 11) is 3.19. The number of nitrogens with one attached hydrogen (secondary N) is 1. The lowest BCUT2D eigenvalue weighted by Gasteiger charge is -2.26. The summed E-state index contributed by atoms with van der Waals surface area (Å²) in [6.45, 7) is 4.41. The van der Waals surface area contributed by atoms with Gasteiger partial charge in [0.25, 0.3) is 0 Å². The fourth-order valence-electron chi connectivity index (χ4n) is 3.11. The number of ether oxygens (including phenoxy) is 3. The van der Waals surface area contributed by atoms with E-state index in [1.54, 1.807) is 14.2 Å². The summed E-state index contributed by atoms with van der Waals surface area (Å²) < 4.78 is 15.9. The molecule has 6 nitrogen and oxygen atoms in total. The SMILES string of the molecule is COc1ccc(OC)c(CC(=O)Nc2ccc(CN3CCOCC3)cc2)c1. The maximum absolute atomic E-state index is 12.4. The smallest absolute Gasteiger partial charge is 0.228 e. The maximum atomic E-state index is 12.4. The first-order valence-electron chi connectivity index (χ1n) is 9.07. The van der Waals surface area contributed by atoms with Gasteiger partial charge in [0, 0.05) is 30.9 Å². The molecule has 0 saturated carbocycles. The van der Waals surface area contributed by atoms with Crippen molar-refractivity contribution in [3.05, 3.63) is 53.6 Å². The van der Waals surface area contributed by atoms with E-state index < -0.39 is 0 Å². The Morgan fingerprint density at radius 1 is 1.07 bits per heavy atom. The molecule has 1 amide bonds. The van der Waals surface area contributed by atoms with Crippen LogP contribution in [0, 0.1) is 0 Å². The van der Waals surface area contributed by atoms with Crippen LogP contribution in [0.25, 0.3) is 0 Å². The van der Waals surface area contributed by atoms with Crippen LogP contribution in [0.15, 0.2) is 42.5 Å². The van der Waals surface area contributed by atoms with Crippen LogP contribution in [0.5, 0.6) is 11.5 Å². The molecule has 0 radical (unpaired) electrons. The normalized spacial score (nSPS) is 14.6. The molecule has 0 aromatic heterocycles. The van der Waals surface area contributed by atoms with Crippen molar-refractivity contribution in [2.45, 2.75) is 13.0 Å². The van der Waals surface area contributed by atoms with E-state index in [-0.39, 0.29) is 12.3 Å². The van der Waals surface area contributed by atoms with E-state index in [0.717, 1.165) is 44.1 Å². The lowest BCUT2D eigenvalue weighted by Crippen LogP contribution is -2.35. The Bertz CT molecular complexity index is 755. The zero-order valence-electron chi connectivity index (χ0n) is 15.9. The Hall–Kier alpha value is -2.57. The minimum atomic E-state index is -0.0949. The molecule has 1 aliphatic heterocycles. The highest BCUT2D eigenvalue weighted by molar-refractivity contribution is 5.92. The van der Waals surface area contributed by atoms with Gasteiger partial charge in [-0.05, 0) is 35.9 Å². The number of carbonyl (C=O) groups is 1. The molecule has 27 heavy (non-hydrogen) atoms. The lowest BCUT2D eigenvalue weighted by molar-refractivity contribution is -0.115. The van der Waals surface area contributed by atoms with Crippen LogP contribution in [-0.4, -0.2) is 51.3 Å². The van der Waals surface area contributed by atoms with Gasteiger partial charge in [-0.3, -0.25) is 9.69 Å². The second-order valence-electron chi connectivity index (χ2n) is 6.49. The first-order chi connectivity index (χ1) is 13.2. The molecule has 2 aromatic carbocycles. The molecule has 1 aliphatic rings. The number of hydrogen-bond donors (Lipinski definition) is 1. The van der Waals surface area contributed by atoms with Crippen LogP contribution in [-0.2, 0) is 22.5 Å². The van der Waals surface area contributed by atoms with Crippen molar-refractivity contribution in [3.63, 3.8) is 0 Å². The second-order valence-corrected chi connectivity index (χ2v) is 6.49. The molecule has 1 N–H and O–H groups in total. The minimum Gasteiger partial charge on any atom is -0.497 e. The van der Waals surface area contributed by atoms with Gasteiger partial charge in [-0.1, -0.05) is 12.1 Å². The van der Waals surface area contributed by atoms with Gasteiger partial charge in [-0.25, -0.2) is 0 Å². The molecule has 0 spiro atoms. The first-order valence-corrected chi connectivity index (χ1v) is 9.07. The number of nitrogens with zero attached hydrogens (tertiary/aromatic N) is 1. The van der Waals surface area contributed by atoms with Crippen molar-refractivity contribution >= 4 is 11.6 Å². The van der Waals surface area contributed by atoms with Crippen LogP contribution >= 0.6 is 0 Å². The number of rotatable bonds is 7. The van der Waals surface area contributed by atoms with Crippen molar-refractivity contribution in [1.82, 2.24) is 4.90 Å². The van der Waals surface area contributed by atoms with Crippen molar-refractivity contribution in [2.75, 3.05) is 45.8 Å². The highest BCUT2D eigenvalue weighted by atomic mass is 16.5. The molecule has 0 atom stereocenters. The Morgan fingerprint density at radius 3 is 2.48 bits per heavy atom. The van der Waals surface area contributed by atoms with Crippen LogP contribution in [0.2, 0.25) is 0 Å². The van der Waals surface area contributed by atoms with E-state index in [1.807, 2.05) is 30.3 Å². The fourth-order valence-corrected chi connectivity index (χ4v) is 3.11. The number of anilines is 1. The molecule has 1 heterocycles. The Labute approximate surface area is 160 Å². The second kappa shape index (κ2) is 9.39. The molecular weight excluding hydrogens is 344 g/mol. The summed E-state index contributed by atoms with van der Waals surface area (Å²) in [5.74, 6) is 1.28. The summed E-state index contributed by atoms with van der Waals surface area (Å²) >= 11 is 0. The predicted molar refractivity (Wildman–Crippen MR) is 104 cm³/mol. The van der Waals surface area contributed by atoms with Gasteiger partial charge in [0.15, 0.2) is 0 Å². The molecule has 144 valence electrons. The maximum Gasteiger partial charge on any atom is 0.228 e. The number of benzene rings is 2. The predicted octanol–water partition coefficient (Wildman–Crippen LogP) is 2.72. The van der Waals surface area contributed by atoms with Gasteiger partial charge in [-0.15, -0.1) is 0 Å². The minimum absolute atomic E-state index is 0.0949. The number of hydrogen-bond acceptors (Lipinski definition) is 5. The molecule has 0 bridgehead atoms. The third-order valence-corrected chi connectivity index (χ3v) is 4.59. The molecule has 0 unspecified atom stereocenters. The topological polar surface area (TPSA) is 60.0 Å². The average Bonchev–Trinajstić information content (AvgIpc) is 2.70. The third kappa shape index (κ3) is 5.45. The highest BCUT2D eigenvalue weighted by Crippen LogP contribution is 2.24. The molecule has 1 saturated heterocycles. The lowest BCUT2D eigenvalue weighted by atomic mass is 10.1. The van der Waals surface area contributed by atoms with Crippen LogP contribution in [0.1, 0.15) is 11.1 Å². The zero-order chi connectivity index (χ0) is 19.1. The fraction of sp³-hybridized carbons (Fsp3) is 0.381. The van der Waals surface area contributed by atoms with Crippen LogP contribution in [0.3, 0.4) is 0 Å². The van der Waals surface area contributed by atoms with Gasteiger partial charge in [0.05, 0.1) is 33.9 Å². The van der Waals surface area contributed by atoms with Gasteiger partial charge >= 0.3 is 0 Å². The summed E-state index contributed by atoms with van der Waals surface area (Å²) in [5, 5.41) is 2.94. The number of morpholine rings is 1. The van der Waals surface area contributed by atoms with E-state index in [1.165, 1.54) is 5.56 Å². The summed E-state index contributed by atoms with van der Waals surface area (Å²) in [4.78, 5) is 14.8. The van der Waals surface area contributed by atoms with Gasteiger partial charge in [-0.2, -0.15) is 0 Å². The quantitative estimate of drug-likeness (QED) is 0.812. The molecule has 1 fully saturated rings. The van der Waals surface area contributed by atoms with E-state index in [0.29, 0.717) is 11.5 Å². The number of amides is 1. The molecule has 2 aromatic rings. The van der Waals surface area contributed by atoms with Crippen LogP contribution in [0.4, 0.5) is 5.69 Å². The monoisotopic (exact) mass is 370 g/mol. The van der Waals surface area contributed by atoms with E-state index in [2.05, 4.69) is 22.3 Å². The van der Waals surface area contributed by atoms with Crippen molar-refractivity contribution in [1.29, 1.82) is 0 Å². The molecular formula is C21H26N2O4. The summed E-state index contributed by atoms with van der Waals surface area (Å²) in [6.07, 6.45) is 0.218. The summed E-state index contributed by atoms with van der Waals surface area (Å²) in [6, 6.07) is 13.4. The molecule has 0 aliphatic carbocycles. The van der Waals surface area contributed by atoms with E-state index in [9.17, 15) is 4.79 Å². The molecule has 3 rings (SSSR count). The van der Waals surface area contributed by atoms with Gasteiger partial charge < -0.3 is 19.5 Å². The highest BCUT2D eigenvalue weighted by Gasteiger charge is 2.12. The zero-order valence-corrected chi connectivity index (χ0v) is 15.9. The van der Waals surface area contributed by atoms with Crippen molar-refractivity contribution in [2.24, 2.45) is 0 Å². The van der Waals surface area contributed by atoms with Crippen LogP contribution < -0.4 is 14.8 Å².